The zero-order valence-electron chi connectivity index (χ0n) is 56.3. The lowest BCUT2D eigenvalue weighted by Gasteiger charge is -2.20. The number of carbonyl (C=O) groups excluding carboxylic acids is 12. The summed E-state index contributed by atoms with van der Waals surface area (Å²) >= 11 is 0. The molecule has 498 valence electrons. The molecular formula is C67H91N5O19. The van der Waals surface area contributed by atoms with Crippen LogP contribution in [0.2, 0.25) is 0 Å². The largest absolute Gasteiger partial charge is 0.462 e. The quantitative estimate of drug-likeness (QED) is 0.0284. The van der Waals surface area contributed by atoms with E-state index < -0.39 is 64.1 Å². The first-order valence-corrected chi connectivity index (χ1v) is 29.9. The average molecular weight is 1270 g/mol. The van der Waals surface area contributed by atoms with Crippen molar-refractivity contribution in [3.05, 3.63) is 126 Å². The first kappa shape index (κ1) is 77.9. The molecule has 0 aliphatic rings. The van der Waals surface area contributed by atoms with Crippen LogP contribution in [-0.2, 0) is 72.5 Å². The fraction of sp³-hybridized carbons (Fsp3) is 0.493. The number of esters is 7. The number of amides is 1. The van der Waals surface area contributed by atoms with Gasteiger partial charge in [-0.1, -0.05) is 64.4 Å². The second kappa shape index (κ2) is 34.7. The molecule has 1 amide bonds. The molecule has 0 saturated heterocycles. The Morgan fingerprint density at radius 3 is 1.18 bits per heavy atom. The van der Waals surface area contributed by atoms with Gasteiger partial charge in [0.1, 0.15) is 46.2 Å². The molecular weight excluding hydrogens is 1180 g/mol. The monoisotopic (exact) mass is 1270 g/mol. The molecule has 0 aliphatic heterocycles. The molecule has 4 aromatic heterocycles. The van der Waals surface area contributed by atoms with Gasteiger partial charge in [0.2, 0.25) is 0 Å². The molecule has 0 saturated carbocycles. The Hall–Kier alpha value is -9.22. The summed E-state index contributed by atoms with van der Waals surface area (Å²) in [6.07, 6.45) is 4.46. The Morgan fingerprint density at radius 2 is 0.813 bits per heavy atom. The van der Waals surface area contributed by atoms with Crippen LogP contribution < -0.4 is 5.32 Å². The summed E-state index contributed by atoms with van der Waals surface area (Å²) in [5.41, 5.74) is 1.68. The second-order valence-corrected chi connectivity index (χ2v) is 24.2. The number of hydrogen-bond donors (Lipinski definition) is 4. The van der Waals surface area contributed by atoms with Gasteiger partial charge in [0.05, 0.1) is 64.9 Å². The summed E-state index contributed by atoms with van der Waals surface area (Å²) in [5.74, 6) is -4.58. The molecule has 91 heavy (non-hydrogen) atoms. The first-order chi connectivity index (χ1) is 42.4. The van der Waals surface area contributed by atoms with E-state index in [1.165, 1.54) is 4.57 Å². The predicted octanol–water partition coefficient (Wildman–Crippen LogP) is 11.2. The van der Waals surface area contributed by atoms with E-state index in [0.29, 0.717) is 79.5 Å². The van der Waals surface area contributed by atoms with Crippen LogP contribution in [-0.4, -0.2) is 135 Å². The lowest BCUT2D eigenvalue weighted by Crippen LogP contribution is -2.41. The molecule has 0 fully saturated rings. The van der Waals surface area contributed by atoms with Crippen molar-refractivity contribution >= 4 is 72.8 Å². The summed E-state index contributed by atoms with van der Waals surface area (Å²) in [7, 11) is 1.56. The number of aromatic amines is 3. The predicted molar refractivity (Wildman–Crippen MR) is 338 cm³/mol. The molecule has 24 heteroatoms. The normalized spacial score (nSPS) is 11.1. The molecule has 24 nitrogen and oxygen atoms in total. The standard InChI is InChI=1S/C21H25NO5.C16H23NO5.C15H22N2O4.C15H21NO5/c1-5-9-15-17(19(24)26-13-14-10-7-6-8-11-14)16(12-23)22-18(15)20(25)27-21(2,3)4;1-7-10-12(14(19)21-8-2)11(9-18)17(6)13(10)15(20)22-16(3,4)5;1-6-9-11(14(20)21-7-2)10(8-18)16-12(9)13(19)17-15(3,4)5;1-6-9-11(13(18)20-7-2)10(8-17)16-12(9)14(19)21-15(3,4)5/h6-8,10-12,22H,5,9,13H2,1-4H3;9H,7-8H2,1-6H3;8,16H,6-7H2,1-5H3,(H,17,19);8,16H,6-7H2,1-5H3. The maximum Gasteiger partial charge on any atom is 0.355 e. The third kappa shape index (κ3) is 22.3. The maximum atomic E-state index is 12.7. The van der Waals surface area contributed by atoms with Gasteiger partial charge in [0.25, 0.3) is 5.91 Å². The Labute approximate surface area is 531 Å². The minimum absolute atomic E-state index is 0.0253. The summed E-state index contributed by atoms with van der Waals surface area (Å²) in [6, 6.07) is 9.24. The highest BCUT2D eigenvalue weighted by atomic mass is 16.6. The number of hydrogen-bond acceptors (Lipinski definition) is 19. The third-order valence-electron chi connectivity index (χ3n) is 12.3. The van der Waals surface area contributed by atoms with Crippen molar-refractivity contribution < 1.29 is 90.7 Å². The smallest absolute Gasteiger partial charge is 0.355 e. The molecule has 5 rings (SSSR count). The third-order valence-corrected chi connectivity index (χ3v) is 12.3. The van der Waals surface area contributed by atoms with Crippen molar-refractivity contribution in [2.75, 3.05) is 19.8 Å². The van der Waals surface area contributed by atoms with Crippen LogP contribution in [0.5, 0.6) is 0 Å². The van der Waals surface area contributed by atoms with Crippen LogP contribution in [0.4, 0.5) is 0 Å². The van der Waals surface area contributed by atoms with E-state index in [9.17, 15) is 57.5 Å². The second-order valence-electron chi connectivity index (χ2n) is 24.2. The fourth-order valence-corrected chi connectivity index (χ4v) is 8.92. The topological polar surface area (TPSA) is 334 Å². The van der Waals surface area contributed by atoms with Gasteiger partial charge in [0, 0.05) is 12.6 Å². The van der Waals surface area contributed by atoms with E-state index in [-0.39, 0.29) is 100 Å². The minimum Gasteiger partial charge on any atom is -0.462 e. The van der Waals surface area contributed by atoms with Crippen molar-refractivity contribution in [3.63, 3.8) is 0 Å². The number of aromatic nitrogens is 4. The van der Waals surface area contributed by atoms with Gasteiger partial charge in [-0.2, -0.15) is 0 Å². The van der Waals surface area contributed by atoms with Crippen molar-refractivity contribution in [1.82, 2.24) is 24.8 Å². The zero-order chi connectivity index (χ0) is 69.5. The molecule has 0 spiro atoms. The molecule has 0 aliphatic carbocycles. The molecule has 0 bridgehead atoms. The molecule has 1 aromatic carbocycles. The van der Waals surface area contributed by atoms with Gasteiger partial charge in [-0.3, -0.25) is 24.0 Å². The summed E-state index contributed by atoms with van der Waals surface area (Å²) < 4.78 is 37.7. The number of nitrogens with zero attached hydrogens (tertiary/aromatic N) is 1. The van der Waals surface area contributed by atoms with E-state index in [1.807, 2.05) is 65.0 Å². The molecule has 4 heterocycles. The van der Waals surface area contributed by atoms with Crippen LogP contribution in [0.3, 0.4) is 0 Å². The lowest BCUT2D eigenvalue weighted by molar-refractivity contribution is 0.00464. The average Bonchev–Trinajstić information content (AvgIpc) is 1.67. The Bertz CT molecular complexity index is 3300. The summed E-state index contributed by atoms with van der Waals surface area (Å²) in [6.45, 7) is 34.3. The summed E-state index contributed by atoms with van der Waals surface area (Å²) in [4.78, 5) is 151. The van der Waals surface area contributed by atoms with E-state index in [1.54, 1.807) is 104 Å². The Kier molecular flexibility index (Phi) is 29.7. The lowest BCUT2D eigenvalue weighted by atomic mass is 10.0. The summed E-state index contributed by atoms with van der Waals surface area (Å²) in [5, 5.41) is 2.81. The first-order valence-electron chi connectivity index (χ1n) is 29.9. The van der Waals surface area contributed by atoms with E-state index in [2.05, 4.69) is 20.3 Å². The van der Waals surface area contributed by atoms with Crippen LogP contribution in [0.1, 0.15) is 291 Å². The van der Waals surface area contributed by atoms with Gasteiger partial charge in [-0.05, 0) is 157 Å². The fourth-order valence-electron chi connectivity index (χ4n) is 8.92. The highest BCUT2D eigenvalue weighted by molar-refractivity contribution is 6.07. The molecule has 4 N–H and O–H groups in total. The van der Waals surface area contributed by atoms with Crippen molar-refractivity contribution in [3.8, 4) is 0 Å². The number of benzene rings is 1. The Balaban J connectivity index is 0.000000416. The molecule has 0 unspecified atom stereocenters. The number of ether oxygens (including phenoxy) is 7. The van der Waals surface area contributed by atoms with Crippen LogP contribution in [0.25, 0.3) is 0 Å². The van der Waals surface area contributed by atoms with Gasteiger partial charge < -0.3 is 58.0 Å². The van der Waals surface area contributed by atoms with Crippen molar-refractivity contribution in [1.29, 1.82) is 0 Å². The van der Waals surface area contributed by atoms with E-state index in [0.717, 1.165) is 5.56 Å². The molecule has 0 radical (unpaired) electrons. The van der Waals surface area contributed by atoms with Gasteiger partial charge in [0.15, 0.2) is 25.1 Å². The zero-order valence-corrected chi connectivity index (χ0v) is 56.3. The van der Waals surface area contributed by atoms with E-state index >= 15 is 0 Å². The van der Waals surface area contributed by atoms with Crippen molar-refractivity contribution in [2.24, 2.45) is 7.05 Å². The van der Waals surface area contributed by atoms with E-state index in [4.69, 9.17) is 33.2 Å². The maximum absolute atomic E-state index is 12.7. The van der Waals surface area contributed by atoms with Crippen LogP contribution in [0, 0.1) is 0 Å². The number of rotatable bonds is 22. The minimum atomic E-state index is -0.693. The number of H-pyrrole nitrogens is 3. The molecule has 0 atom stereocenters. The van der Waals surface area contributed by atoms with Gasteiger partial charge in [-0.25, -0.2) is 33.6 Å². The number of nitrogens with one attached hydrogen (secondary N) is 4. The van der Waals surface area contributed by atoms with Gasteiger partial charge in [-0.15, -0.1) is 0 Å². The number of aldehydes is 4. The SMILES string of the molecule is CCCc1c(C(=O)OC(C)(C)C)[nH]c(C=O)c1C(=O)OCc1ccccc1.CCOC(=O)c1c(C=O)[nH]c(C(=O)NC(C)(C)C)c1CC.CCOC(=O)c1c(C=O)[nH]c(C(=O)OC(C)(C)C)c1CC.CCOC(=O)c1c(CC)c(C(=O)OC(C)(C)C)n(C)c1C=O. The van der Waals surface area contributed by atoms with Crippen LogP contribution in [0.15, 0.2) is 30.3 Å². The van der Waals surface area contributed by atoms with Crippen LogP contribution >= 0.6 is 0 Å². The highest BCUT2D eigenvalue weighted by Gasteiger charge is 2.34. The number of carbonyl (C=O) groups is 12. The Morgan fingerprint density at radius 1 is 0.451 bits per heavy atom. The highest BCUT2D eigenvalue weighted by Crippen LogP contribution is 2.28. The molecule has 5 aromatic rings. The van der Waals surface area contributed by atoms with Crippen molar-refractivity contribution in [2.45, 2.75) is 193 Å². The van der Waals surface area contributed by atoms with Gasteiger partial charge >= 0.3 is 41.8 Å².